The van der Waals surface area contributed by atoms with E-state index in [0.29, 0.717) is 27.8 Å². The number of morpholine rings is 1. The van der Waals surface area contributed by atoms with Crippen LogP contribution in [0.15, 0.2) is 152 Å². The van der Waals surface area contributed by atoms with E-state index in [2.05, 4.69) is 17.2 Å². The maximum Gasteiger partial charge on any atom is 0.421 e. The number of anilines is 2. The topological polar surface area (TPSA) is 243 Å². The molecule has 0 radical (unpaired) electrons. The minimum atomic E-state index is -2.31. The zero-order chi connectivity index (χ0) is 54.7. The van der Waals surface area contributed by atoms with Gasteiger partial charge in [-0.05, 0) is 82.4 Å². The molecule has 20 heteroatoms. The van der Waals surface area contributed by atoms with Crippen molar-refractivity contribution in [1.82, 2.24) is 9.88 Å². The SMILES string of the molecule is COC(=O)C(CC#Cc1ccc2c(c1)[C@]1(C(=O)N2C(=O)OCc2ccc([N+](=O)[O-])cc2)[C@H](C(=O)Nc2nc3ccccc3s2)[C@H]2C(=O)O[C@H](c3ccccc3)[C@H](c3ccccc3)N2[C@@H]1c1cccc(OCCO)c1)C(=O)OC. The smallest absolute Gasteiger partial charge is 0.421 e. The second-order valence-electron chi connectivity index (χ2n) is 18.3. The van der Waals surface area contributed by atoms with E-state index in [1.165, 1.54) is 53.8 Å². The number of nitro benzene ring substituents is 1. The quantitative estimate of drug-likeness (QED) is 0.0262. The number of hydrogen-bond acceptors (Lipinski definition) is 17. The summed E-state index contributed by atoms with van der Waals surface area (Å²) in [6, 6.07) is 38.0. The molecule has 3 amide bonds. The Morgan fingerprint density at radius 1 is 0.833 bits per heavy atom. The third kappa shape index (κ3) is 9.55. The van der Waals surface area contributed by atoms with E-state index in [9.17, 15) is 24.8 Å². The number of fused-ring (bicyclic) bond motifs is 4. The van der Waals surface area contributed by atoms with Crippen molar-refractivity contribution < 1.29 is 62.5 Å². The van der Waals surface area contributed by atoms with Gasteiger partial charge < -0.3 is 34.1 Å². The number of benzene rings is 6. The standard InChI is InChI=1S/C58H47N5O14S/c1-73-52(66)41(53(67)74-2)20-11-13-34-25-28-44-42(31-34)58(55(69)61(44)57(70)76-33-35-23-26-39(27-24-35)63(71)72)46(51(65)60-56-59-43-21-9-10-22-45(43)78-56)48-54(68)77-49(37-16-7-4-8-17-37)47(36-14-5-3-6-15-36)62(48)50(58)38-18-12-19-40(32-38)75-30-29-64/h3-10,12,14-19,21-28,31-32,41,46-50,64H,20,29-30,33H2,1-2H3,(H,59,60,65)/t46-,47-,48-,49+,50+,58-/m0/s1. The van der Waals surface area contributed by atoms with E-state index >= 15 is 19.2 Å². The molecule has 2 fully saturated rings. The third-order valence-electron chi connectivity index (χ3n) is 14.0. The van der Waals surface area contributed by atoms with Crippen molar-refractivity contribution in [2.24, 2.45) is 11.8 Å². The molecule has 4 heterocycles. The van der Waals surface area contributed by atoms with Crippen molar-refractivity contribution >= 4 is 73.9 Å². The highest BCUT2D eigenvalue weighted by molar-refractivity contribution is 7.22. The fourth-order valence-corrected chi connectivity index (χ4v) is 11.6. The fourth-order valence-electron chi connectivity index (χ4n) is 10.7. The highest BCUT2D eigenvalue weighted by atomic mass is 32.1. The number of carbonyl (C=O) groups is 6. The van der Waals surface area contributed by atoms with E-state index in [-0.39, 0.29) is 53.0 Å². The maximum atomic E-state index is 16.8. The number of methoxy groups -OCH3 is 2. The van der Waals surface area contributed by atoms with Gasteiger partial charge in [-0.25, -0.2) is 14.7 Å². The first kappa shape index (κ1) is 52.2. The summed E-state index contributed by atoms with van der Waals surface area (Å²) in [5, 5.41) is 24.5. The lowest BCUT2D eigenvalue weighted by molar-refractivity contribution is -0.384. The molecule has 0 saturated carbocycles. The summed E-state index contributed by atoms with van der Waals surface area (Å²) in [4.78, 5) is 107. The van der Waals surface area contributed by atoms with Crippen molar-refractivity contribution in [1.29, 1.82) is 0 Å². The number of carbonyl (C=O) groups excluding carboxylic acids is 6. The second-order valence-corrected chi connectivity index (χ2v) is 19.4. The Bertz CT molecular complexity index is 3500. The molecule has 78 heavy (non-hydrogen) atoms. The van der Waals surface area contributed by atoms with Crippen LogP contribution in [0.4, 0.5) is 21.3 Å². The first-order valence-electron chi connectivity index (χ1n) is 24.5. The maximum absolute atomic E-state index is 16.8. The van der Waals surface area contributed by atoms with Crippen LogP contribution in [0.3, 0.4) is 0 Å². The average molecular weight is 1070 g/mol. The van der Waals surface area contributed by atoms with Gasteiger partial charge in [-0.3, -0.25) is 39.0 Å². The van der Waals surface area contributed by atoms with Crippen LogP contribution in [-0.2, 0) is 54.9 Å². The Hall–Kier alpha value is -9.29. The molecule has 394 valence electrons. The number of nitrogens with zero attached hydrogens (tertiary/aromatic N) is 4. The number of nitrogens with one attached hydrogen (secondary N) is 1. The molecule has 7 aromatic rings. The number of rotatable bonds is 14. The highest BCUT2D eigenvalue weighted by Gasteiger charge is 2.76. The van der Waals surface area contributed by atoms with Gasteiger partial charge in [-0.2, -0.15) is 0 Å². The van der Waals surface area contributed by atoms with E-state index in [4.69, 9.17) is 28.7 Å². The van der Waals surface area contributed by atoms with Gasteiger partial charge in [-0.1, -0.05) is 108 Å². The molecular formula is C58H47N5O14S. The minimum Gasteiger partial charge on any atom is -0.491 e. The number of aromatic nitrogens is 1. The van der Waals surface area contributed by atoms with E-state index in [0.717, 1.165) is 23.8 Å². The number of hydrogen-bond donors (Lipinski definition) is 2. The number of non-ortho nitro benzene ring substituents is 1. The van der Waals surface area contributed by atoms with Crippen molar-refractivity contribution in [3.63, 3.8) is 0 Å². The Kier molecular flexibility index (Phi) is 14.8. The lowest BCUT2D eigenvalue weighted by atomic mass is 9.65. The number of nitro groups is 1. The molecule has 2 saturated heterocycles. The molecule has 0 aliphatic carbocycles. The van der Waals surface area contributed by atoms with Crippen LogP contribution in [0, 0.1) is 33.8 Å². The molecule has 19 nitrogen and oxygen atoms in total. The predicted octanol–water partition coefficient (Wildman–Crippen LogP) is 7.92. The van der Waals surface area contributed by atoms with E-state index in [1.807, 2.05) is 65.6 Å². The second kappa shape index (κ2) is 22.1. The number of cyclic esters (lactones) is 1. The number of thiazole rings is 1. The number of aliphatic hydroxyl groups excluding tert-OH is 1. The zero-order valence-electron chi connectivity index (χ0n) is 41.7. The first-order chi connectivity index (χ1) is 37.9. The van der Waals surface area contributed by atoms with Gasteiger partial charge in [0.15, 0.2) is 11.0 Å². The van der Waals surface area contributed by atoms with Crippen molar-refractivity contribution in [2.75, 3.05) is 37.7 Å². The number of para-hydroxylation sites is 1. The van der Waals surface area contributed by atoms with Crippen LogP contribution < -0.4 is 15.0 Å². The number of ether oxygens (including phenoxy) is 5. The summed E-state index contributed by atoms with van der Waals surface area (Å²) in [7, 11) is 2.24. The van der Waals surface area contributed by atoms with Crippen molar-refractivity contribution in [3.05, 3.63) is 195 Å². The monoisotopic (exact) mass is 1070 g/mol. The Morgan fingerprint density at radius 3 is 2.19 bits per heavy atom. The van der Waals surface area contributed by atoms with Gasteiger partial charge in [0.25, 0.3) is 5.69 Å². The molecule has 3 aliphatic rings. The molecule has 3 aliphatic heterocycles. The molecule has 10 rings (SSSR count). The van der Waals surface area contributed by atoms with Gasteiger partial charge in [-0.15, -0.1) is 0 Å². The number of amides is 3. The van der Waals surface area contributed by atoms with Crippen LogP contribution in [0.5, 0.6) is 5.75 Å². The molecule has 1 spiro atoms. The first-order valence-corrected chi connectivity index (χ1v) is 25.3. The van der Waals surface area contributed by atoms with Gasteiger partial charge in [0.2, 0.25) is 11.8 Å². The molecule has 0 bridgehead atoms. The Morgan fingerprint density at radius 2 is 1.51 bits per heavy atom. The van der Waals surface area contributed by atoms with Crippen LogP contribution in [-0.4, -0.2) is 89.2 Å². The molecule has 1 aromatic heterocycles. The van der Waals surface area contributed by atoms with Crippen LogP contribution in [0.25, 0.3) is 10.2 Å². The fraction of sp³-hybridized carbons (Fsp3) is 0.224. The lowest BCUT2D eigenvalue weighted by Gasteiger charge is -2.46. The van der Waals surface area contributed by atoms with E-state index < -0.39 is 88.8 Å². The summed E-state index contributed by atoms with van der Waals surface area (Å²) in [6.07, 6.45) is -2.59. The third-order valence-corrected chi connectivity index (χ3v) is 15.0. The van der Waals surface area contributed by atoms with E-state index in [1.54, 1.807) is 48.5 Å². The van der Waals surface area contributed by atoms with Crippen molar-refractivity contribution in [2.45, 2.75) is 42.7 Å². The van der Waals surface area contributed by atoms with Gasteiger partial charge in [0.05, 0.1) is 59.7 Å². The molecular weight excluding hydrogens is 1020 g/mol. The average Bonchev–Trinajstić information content (AvgIpc) is 2.71. The van der Waals surface area contributed by atoms with Crippen LogP contribution in [0.2, 0.25) is 0 Å². The van der Waals surface area contributed by atoms with Gasteiger partial charge in [0, 0.05) is 24.1 Å². The highest BCUT2D eigenvalue weighted by Crippen LogP contribution is 2.66. The zero-order valence-corrected chi connectivity index (χ0v) is 42.5. The molecule has 6 aromatic carbocycles. The Balaban J connectivity index is 1.24. The molecule has 0 unspecified atom stereocenters. The van der Waals surface area contributed by atoms with Crippen molar-refractivity contribution in [3.8, 4) is 17.6 Å². The summed E-state index contributed by atoms with van der Waals surface area (Å²) < 4.78 is 28.9. The number of esters is 3. The summed E-state index contributed by atoms with van der Waals surface area (Å²) >= 11 is 1.17. The van der Waals surface area contributed by atoms with Gasteiger partial charge >= 0.3 is 24.0 Å². The normalized spacial score (nSPS) is 20.3. The van der Waals surface area contributed by atoms with Gasteiger partial charge in [0.1, 0.15) is 36.5 Å². The lowest BCUT2D eigenvalue weighted by Crippen LogP contribution is -2.54. The Labute approximate surface area is 449 Å². The largest absolute Gasteiger partial charge is 0.491 e. The van der Waals surface area contributed by atoms with Crippen LogP contribution in [0.1, 0.15) is 58.0 Å². The summed E-state index contributed by atoms with van der Waals surface area (Å²) in [5.74, 6) is -1.51. The predicted molar refractivity (Wildman–Crippen MR) is 281 cm³/mol. The molecule has 6 atom stereocenters. The minimum absolute atomic E-state index is 0.0409. The number of imide groups is 1. The number of aliphatic hydroxyl groups is 1. The van der Waals surface area contributed by atoms with Crippen LogP contribution >= 0.6 is 11.3 Å². The molecule has 2 N–H and O–H groups in total. The summed E-state index contributed by atoms with van der Waals surface area (Å²) in [6.45, 7) is -0.898. The summed E-state index contributed by atoms with van der Waals surface area (Å²) in [5.41, 5.74) is 0.216.